The number of carbonyl (C=O) groups is 1. The SMILES string of the molecule is NC(=O)CN(c1ccccc1Cl)S(=O)(=O)c1ccccc1[N+](=O)[O-]. The van der Waals surface area contributed by atoms with Gasteiger partial charge in [0.15, 0.2) is 4.90 Å². The van der Waals surface area contributed by atoms with Crippen LogP contribution in [0.4, 0.5) is 11.4 Å². The molecule has 2 N–H and O–H groups in total. The molecule has 2 aromatic carbocycles. The number of amides is 1. The first-order valence-corrected chi connectivity index (χ1v) is 8.36. The number of carbonyl (C=O) groups excluding carboxylic acids is 1. The Morgan fingerprint density at radius 3 is 2.33 bits per heavy atom. The van der Waals surface area contributed by atoms with Gasteiger partial charge < -0.3 is 5.73 Å². The fourth-order valence-electron chi connectivity index (χ4n) is 2.04. The molecule has 1 amide bonds. The zero-order valence-corrected chi connectivity index (χ0v) is 13.7. The normalized spacial score (nSPS) is 11.0. The fourth-order valence-corrected chi connectivity index (χ4v) is 3.94. The van der Waals surface area contributed by atoms with Crippen LogP contribution in [0, 0.1) is 10.1 Å². The molecule has 24 heavy (non-hydrogen) atoms. The average molecular weight is 370 g/mol. The van der Waals surface area contributed by atoms with Crippen molar-refractivity contribution in [2.75, 3.05) is 10.8 Å². The molecule has 0 spiro atoms. The lowest BCUT2D eigenvalue weighted by atomic mass is 10.3. The van der Waals surface area contributed by atoms with Crippen molar-refractivity contribution in [1.82, 2.24) is 0 Å². The molecule has 2 aromatic rings. The molecule has 0 aromatic heterocycles. The molecule has 0 aliphatic heterocycles. The molecule has 0 heterocycles. The van der Waals surface area contributed by atoms with Crippen LogP contribution in [0.15, 0.2) is 53.4 Å². The van der Waals surface area contributed by atoms with Crippen LogP contribution in [0.3, 0.4) is 0 Å². The second kappa shape index (κ2) is 6.85. The van der Waals surface area contributed by atoms with E-state index in [-0.39, 0.29) is 10.7 Å². The molecule has 8 nitrogen and oxygen atoms in total. The summed E-state index contributed by atoms with van der Waals surface area (Å²) in [6, 6.07) is 10.7. The van der Waals surface area contributed by atoms with Crippen molar-refractivity contribution in [3.63, 3.8) is 0 Å². The number of hydrogen-bond acceptors (Lipinski definition) is 5. The van der Waals surface area contributed by atoms with Crippen LogP contribution in [0.5, 0.6) is 0 Å². The van der Waals surface area contributed by atoms with E-state index in [2.05, 4.69) is 0 Å². The standard InChI is InChI=1S/C14H12ClN3O5S/c15-10-5-1-2-6-11(10)17(9-14(16)19)24(22,23)13-8-4-3-7-12(13)18(20)21/h1-8H,9H2,(H2,16,19). The zero-order valence-electron chi connectivity index (χ0n) is 12.1. The third kappa shape index (κ3) is 3.47. The molecule has 0 saturated heterocycles. The highest BCUT2D eigenvalue weighted by Crippen LogP contribution is 2.33. The first kappa shape index (κ1) is 17.7. The summed E-state index contributed by atoms with van der Waals surface area (Å²) >= 11 is 6.01. The van der Waals surface area contributed by atoms with Crippen molar-refractivity contribution < 1.29 is 18.1 Å². The number of halogens is 1. The predicted molar refractivity (Wildman–Crippen MR) is 88.3 cm³/mol. The average Bonchev–Trinajstić information content (AvgIpc) is 2.53. The Morgan fingerprint density at radius 2 is 1.75 bits per heavy atom. The van der Waals surface area contributed by atoms with Crippen molar-refractivity contribution in [2.24, 2.45) is 5.73 Å². The van der Waals surface area contributed by atoms with Crippen molar-refractivity contribution in [1.29, 1.82) is 0 Å². The number of nitro groups is 1. The van der Waals surface area contributed by atoms with E-state index in [1.807, 2.05) is 0 Å². The van der Waals surface area contributed by atoms with Gasteiger partial charge in [0.25, 0.3) is 15.7 Å². The van der Waals surface area contributed by atoms with Crippen LogP contribution in [0.1, 0.15) is 0 Å². The quantitative estimate of drug-likeness (QED) is 0.615. The molecule has 0 atom stereocenters. The summed E-state index contributed by atoms with van der Waals surface area (Å²) in [5.41, 5.74) is 4.52. The Bertz CT molecular complexity index is 901. The molecule has 2 rings (SSSR count). The van der Waals surface area contributed by atoms with E-state index in [1.165, 1.54) is 30.3 Å². The smallest absolute Gasteiger partial charge is 0.289 e. The van der Waals surface area contributed by atoms with Crippen LogP contribution in [-0.2, 0) is 14.8 Å². The van der Waals surface area contributed by atoms with Crippen molar-refractivity contribution >= 4 is 38.9 Å². The third-order valence-electron chi connectivity index (χ3n) is 3.05. The van der Waals surface area contributed by atoms with Gasteiger partial charge in [-0.2, -0.15) is 0 Å². The summed E-state index contributed by atoms with van der Waals surface area (Å²) in [5, 5.41) is 11.2. The summed E-state index contributed by atoms with van der Waals surface area (Å²) in [4.78, 5) is 21.1. The lowest BCUT2D eigenvalue weighted by Crippen LogP contribution is -2.39. The topological polar surface area (TPSA) is 124 Å². The Balaban J connectivity index is 2.68. The van der Waals surface area contributed by atoms with Gasteiger partial charge in [0.1, 0.15) is 6.54 Å². The van der Waals surface area contributed by atoms with Gasteiger partial charge in [-0.25, -0.2) is 8.42 Å². The van der Waals surface area contributed by atoms with Gasteiger partial charge in [0.05, 0.1) is 15.6 Å². The van der Waals surface area contributed by atoms with E-state index in [0.717, 1.165) is 12.1 Å². The van der Waals surface area contributed by atoms with Gasteiger partial charge in [0.2, 0.25) is 5.91 Å². The molecule has 0 aliphatic carbocycles. The fraction of sp³-hybridized carbons (Fsp3) is 0.0714. The van der Waals surface area contributed by atoms with Gasteiger partial charge in [-0.3, -0.25) is 19.2 Å². The van der Waals surface area contributed by atoms with Crippen LogP contribution < -0.4 is 10.0 Å². The van der Waals surface area contributed by atoms with Crippen molar-refractivity contribution in [2.45, 2.75) is 4.90 Å². The van der Waals surface area contributed by atoms with E-state index in [0.29, 0.717) is 4.31 Å². The van der Waals surface area contributed by atoms with E-state index in [9.17, 15) is 23.3 Å². The van der Waals surface area contributed by atoms with Crippen LogP contribution >= 0.6 is 11.6 Å². The largest absolute Gasteiger partial charge is 0.368 e. The molecule has 0 fully saturated rings. The molecular weight excluding hydrogens is 358 g/mol. The van der Waals surface area contributed by atoms with Gasteiger partial charge in [-0.15, -0.1) is 0 Å². The zero-order chi connectivity index (χ0) is 17.9. The Labute approximate surface area is 142 Å². The summed E-state index contributed by atoms with van der Waals surface area (Å²) in [6.07, 6.45) is 0. The minimum absolute atomic E-state index is 0.00359. The number of rotatable bonds is 6. The molecule has 10 heteroatoms. The molecule has 0 radical (unpaired) electrons. The van der Waals surface area contributed by atoms with Gasteiger partial charge >= 0.3 is 0 Å². The number of anilines is 1. The van der Waals surface area contributed by atoms with E-state index in [1.54, 1.807) is 6.07 Å². The van der Waals surface area contributed by atoms with Crippen LogP contribution in [0.25, 0.3) is 0 Å². The monoisotopic (exact) mass is 369 g/mol. The van der Waals surface area contributed by atoms with Crippen LogP contribution in [-0.4, -0.2) is 25.8 Å². The molecule has 0 bridgehead atoms. The van der Waals surface area contributed by atoms with E-state index < -0.39 is 38.0 Å². The van der Waals surface area contributed by atoms with Gasteiger partial charge in [-0.1, -0.05) is 35.9 Å². The van der Waals surface area contributed by atoms with Gasteiger partial charge in [0, 0.05) is 6.07 Å². The number of nitrogens with two attached hydrogens (primary N) is 1. The highest BCUT2D eigenvalue weighted by atomic mass is 35.5. The Morgan fingerprint density at radius 1 is 1.17 bits per heavy atom. The Kier molecular flexibility index (Phi) is 5.05. The third-order valence-corrected chi connectivity index (χ3v) is 5.18. The number of hydrogen-bond donors (Lipinski definition) is 1. The lowest BCUT2D eigenvalue weighted by molar-refractivity contribution is -0.387. The second-order valence-electron chi connectivity index (χ2n) is 4.65. The van der Waals surface area contributed by atoms with Crippen LogP contribution in [0.2, 0.25) is 5.02 Å². The number of primary amides is 1. The number of para-hydroxylation sites is 2. The van der Waals surface area contributed by atoms with Crippen molar-refractivity contribution in [3.8, 4) is 0 Å². The number of nitro benzene ring substituents is 1. The minimum Gasteiger partial charge on any atom is -0.368 e. The maximum Gasteiger partial charge on any atom is 0.289 e. The second-order valence-corrected chi connectivity index (χ2v) is 6.89. The van der Waals surface area contributed by atoms with E-state index in [4.69, 9.17) is 17.3 Å². The summed E-state index contributed by atoms with van der Waals surface area (Å²) in [7, 11) is -4.44. The molecule has 0 unspecified atom stereocenters. The molecule has 0 saturated carbocycles. The summed E-state index contributed by atoms with van der Waals surface area (Å²) in [5.74, 6) is -0.933. The lowest BCUT2D eigenvalue weighted by Gasteiger charge is -2.23. The maximum atomic E-state index is 12.9. The molecule has 0 aliphatic rings. The highest BCUT2D eigenvalue weighted by Gasteiger charge is 2.33. The number of sulfonamides is 1. The summed E-state index contributed by atoms with van der Waals surface area (Å²) < 4.78 is 26.5. The first-order chi connectivity index (χ1) is 11.2. The first-order valence-electron chi connectivity index (χ1n) is 6.54. The maximum absolute atomic E-state index is 12.9. The number of benzene rings is 2. The summed E-state index contributed by atoms with van der Waals surface area (Å²) in [6.45, 7) is -0.710. The highest BCUT2D eigenvalue weighted by molar-refractivity contribution is 7.93. The predicted octanol–water partition coefficient (Wildman–Crippen LogP) is 1.93. The van der Waals surface area contributed by atoms with Gasteiger partial charge in [-0.05, 0) is 18.2 Å². The minimum atomic E-state index is -4.44. The molecule has 126 valence electrons. The van der Waals surface area contributed by atoms with Crippen molar-refractivity contribution in [3.05, 3.63) is 63.7 Å². The number of nitrogens with zero attached hydrogens (tertiary/aromatic N) is 2. The molecular formula is C14H12ClN3O5S. The van der Waals surface area contributed by atoms with E-state index >= 15 is 0 Å². The Hall–Kier alpha value is -2.65.